The Labute approximate surface area is 119 Å². The lowest BCUT2D eigenvalue weighted by molar-refractivity contribution is 0.0938. The first kappa shape index (κ1) is 14.3. The summed E-state index contributed by atoms with van der Waals surface area (Å²) in [7, 11) is 4.04. The van der Waals surface area contributed by atoms with Crippen LogP contribution < -0.4 is 5.32 Å². The molecule has 0 spiro atoms. The SMILES string of the molecule is CC(NC(=O)c1ccc(CN(C)C)cc1)c1ncc[nH]1. The van der Waals surface area contributed by atoms with Crippen LogP contribution in [-0.2, 0) is 6.54 Å². The van der Waals surface area contributed by atoms with Gasteiger partial charge in [-0.3, -0.25) is 4.79 Å². The Balaban J connectivity index is 1.99. The molecule has 5 heteroatoms. The second-order valence-electron chi connectivity index (χ2n) is 5.10. The van der Waals surface area contributed by atoms with E-state index in [1.165, 1.54) is 5.56 Å². The van der Waals surface area contributed by atoms with E-state index in [2.05, 4.69) is 20.2 Å². The summed E-state index contributed by atoms with van der Waals surface area (Å²) in [5, 5.41) is 2.92. The topological polar surface area (TPSA) is 61.0 Å². The number of H-pyrrole nitrogens is 1. The second kappa shape index (κ2) is 6.34. The van der Waals surface area contributed by atoms with Crippen LogP contribution in [0.4, 0.5) is 0 Å². The molecular formula is C15H20N4O. The molecule has 2 rings (SSSR count). The Kier molecular flexibility index (Phi) is 4.53. The number of rotatable bonds is 5. The van der Waals surface area contributed by atoms with Crippen molar-refractivity contribution in [1.82, 2.24) is 20.2 Å². The van der Waals surface area contributed by atoms with Crippen LogP contribution in [0.15, 0.2) is 36.7 Å². The van der Waals surface area contributed by atoms with Crippen molar-refractivity contribution in [3.05, 3.63) is 53.6 Å². The molecule has 1 heterocycles. The van der Waals surface area contributed by atoms with Gasteiger partial charge in [-0.2, -0.15) is 0 Å². The Bertz CT molecular complexity index is 546. The fraction of sp³-hybridized carbons (Fsp3) is 0.333. The molecule has 1 atom stereocenters. The van der Waals surface area contributed by atoms with Crippen LogP contribution in [0.3, 0.4) is 0 Å². The Morgan fingerprint density at radius 2 is 2.05 bits per heavy atom. The summed E-state index contributed by atoms with van der Waals surface area (Å²) in [5.41, 5.74) is 1.84. The van der Waals surface area contributed by atoms with E-state index >= 15 is 0 Å². The zero-order valence-corrected chi connectivity index (χ0v) is 12.1. The number of hydrogen-bond acceptors (Lipinski definition) is 3. The van der Waals surface area contributed by atoms with Gasteiger partial charge in [0.1, 0.15) is 5.82 Å². The predicted molar refractivity (Wildman–Crippen MR) is 78.3 cm³/mol. The summed E-state index contributed by atoms with van der Waals surface area (Å²) >= 11 is 0. The minimum absolute atomic E-state index is 0.0923. The maximum Gasteiger partial charge on any atom is 0.251 e. The average molecular weight is 272 g/mol. The molecule has 1 aromatic carbocycles. The van der Waals surface area contributed by atoms with Gasteiger partial charge in [0.05, 0.1) is 6.04 Å². The molecule has 0 aliphatic carbocycles. The lowest BCUT2D eigenvalue weighted by Crippen LogP contribution is -2.27. The van der Waals surface area contributed by atoms with Crippen molar-refractivity contribution >= 4 is 5.91 Å². The normalized spacial score (nSPS) is 12.4. The van der Waals surface area contributed by atoms with Crippen molar-refractivity contribution in [3.63, 3.8) is 0 Å². The first-order chi connectivity index (χ1) is 9.56. The van der Waals surface area contributed by atoms with Gasteiger partial charge in [-0.1, -0.05) is 12.1 Å². The molecule has 0 aliphatic rings. The van der Waals surface area contributed by atoms with Gasteiger partial charge in [0, 0.05) is 24.5 Å². The number of nitrogens with one attached hydrogen (secondary N) is 2. The van der Waals surface area contributed by atoms with Gasteiger partial charge in [-0.05, 0) is 38.7 Å². The van der Waals surface area contributed by atoms with Crippen LogP contribution in [0.1, 0.15) is 34.7 Å². The smallest absolute Gasteiger partial charge is 0.251 e. The standard InChI is InChI=1S/C15H20N4O/c1-11(14-16-8-9-17-14)18-15(20)13-6-4-12(5-7-13)10-19(2)3/h4-9,11H,10H2,1-3H3,(H,16,17)(H,18,20). The molecule has 1 aromatic heterocycles. The lowest BCUT2D eigenvalue weighted by Gasteiger charge is -2.13. The molecule has 0 radical (unpaired) electrons. The monoisotopic (exact) mass is 272 g/mol. The highest BCUT2D eigenvalue weighted by atomic mass is 16.1. The molecule has 2 aromatic rings. The third-order valence-electron chi connectivity index (χ3n) is 2.99. The fourth-order valence-electron chi connectivity index (χ4n) is 1.99. The first-order valence-corrected chi connectivity index (χ1v) is 6.60. The number of carbonyl (C=O) groups is 1. The van der Waals surface area contributed by atoms with Crippen LogP contribution in [0.2, 0.25) is 0 Å². The summed E-state index contributed by atoms with van der Waals surface area (Å²) < 4.78 is 0. The van der Waals surface area contributed by atoms with Crippen molar-refractivity contribution in [1.29, 1.82) is 0 Å². The van der Waals surface area contributed by atoms with Crippen molar-refractivity contribution in [2.75, 3.05) is 14.1 Å². The maximum absolute atomic E-state index is 12.1. The third-order valence-corrected chi connectivity index (χ3v) is 2.99. The second-order valence-corrected chi connectivity index (χ2v) is 5.10. The zero-order valence-electron chi connectivity index (χ0n) is 12.1. The molecule has 1 unspecified atom stereocenters. The van der Waals surface area contributed by atoms with Crippen LogP contribution in [0.25, 0.3) is 0 Å². The van der Waals surface area contributed by atoms with Crippen molar-refractivity contribution in [2.45, 2.75) is 19.5 Å². The van der Waals surface area contributed by atoms with Crippen LogP contribution in [-0.4, -0.2) is 34.9 Å². The predicted octanol–water partition coefficient (Wildman–Crippen LogP) is 1.96. The van der Waals surface area contributed by atoms with Crippen molar-refractivity contribution in [3.8, 4) is 0 Å². The molecule has 0 saturated carbocycles. The van der Waals surface area contributed by atoms with E-state index < -0.39 is 0 Å². The van der Waals surface area contributed by atoms with Crippen LogP contribution in [0, 0.1) is 0 Å². The number of imidazole rings is 1. The van der Waals surface area contributed by atoms with Gasteiger partial charge in [-0.15, -0.1) is 0 Å². The van der Waals surface area contributed by atoms with E-state index in [-0.39, 0.29) is 11.9 Å². The summed E-state index contributed by atoms with van der Waals surface area (Å²) in [6.45, 7) is 2.77. The highest BCUT2D eigenvalue weighted by Crippen LogP contribution is 2.10. The average Bonchev–Trinajstić information content (AvgIpc) is 2.92. The van der Waals surface area contributed by atoms with E-state index in [0.29, 0.717) is 5.56 Å². The fourth-order valence-corrected chi connectivity index (χ4v) is 1.99. The van der Waals surface area contributed by atoms with Gasteiger partial charge < -0.3 is 15.2 Å². The number of aromatic amines is 1. The maximum atomic E-state index is 12.1. The number of carbonyl (C=O) groups excluding carboxylic acids is 1. The Morgan fingerprint density at radius 3 is 2.60 bits per heavy atom. The minimum atomic E-state index is -0.140. The molecule has 20 heavy (non-hydrogen) atoms. The minimum Gasteiger partial charge on any atom is -0.347 e. The molecule has 0 fully saturated rings. The number of aromatic nitrogens is 2. The van der Waals surface area contributed by atoms with E-state index in [4.69, 9.17) is 0 Å². The highest BCUT2D eigenvalue weighted by Gasteiger charge is 2.12. The van der Waals surface area contributed by atoms with Gasteiger partial charge in [0.25, 0.3) is 5.91 Å². The first-order valence-electron chi connectivity index (χ1n) is 6.60. The van der Waals surface area contributed by atoms with Crippen molar-refractivity contribution < 1.29 is 4.79 Å². The molecule has 0 saturated heterocycles. The van der Waals surface area contributed by atoms with E-state index in [9.17, 15) is 4.79 Å². The summed E-state index contributed by atoms with van der Waals surface area (Å²) in [4.78, 5) is 21.3. The number of benzene rings is 1. The zero-order chi connectivity index (χ0) is 14.5. The Hall–Kier alpha value is -2.14. The number of amides is 1. The van der Waals surface area contributed by atoms with Gasteiger partial charge in [0.15, 0.2) is 0 Å². The molecule has 0 aliphatic heterocycles. The van der Waals surface area contributed by atoms with Crippen LogP contribution >= 0.6 is 0 Å². The molecule has 1 amide bonds. The van der Waals surface area contributed by atoms with Gasteiger partial charge >= 0.3 is 0 Å². The quantitative estimate of drug-likeness (QED) is 0.874. The molecular weight excluding hydrogens is 252 g/mol. The van der Waals surface area contributed by atoms with Crippen molar-refractivity contribution in [2.24, 2.45) is 0 Å². The van der Waals surface area contributed by atoms with Crippen LogP contribution in [0.5, 0.6) is 0 Å². The third kappa shape index (κ3) is 3.68. The largest absolute Gasteiger partial charge is 0.347 e. The molecule has 2 N–H and O–H groups in total. The van der Waals surface area contributed by atoms with E-state index in [1.54, 1.807) is 12.4 Å². The molecule has 0 bridgehead atoms. The summed E-state index contributed by atoms with van der Waals surface area (Å²) in [6, 6.07) is 7.52. The molecule has 106 valence electrons. The van der Waals surface area contributed by atoms with Gasteiger partial charge in [0.2, 0.25) is 0 Å². The molecule has 5 nitrogen and oxygen atoms in total. The summed E-state index contributed by atoms with van der Waals surface area (Å²) in [6.07, 6.45) is 3.42. The highest BCUT2D eigenvalue weighted by molar-refractivity contribution is 5.94. The lowest BCUT2D eigenvalue weighted by atomic mass is 10.1. The number of hydrogen-bond donors (Lipinski definition) is 2. The van der Waals surface area contributed by atoms with E-state index in [1.807, 2.05) is 45.3 Å². The van der Waals surface area contributed by atoms with E-state index in [0.717, 1.165) is 12.4 Å². The van der Waals surface area contributed by atoms with Gasteiger partial charge in [-0.25, -0.2) is 4.98 Å². The number of nitrogens with zero attached hydrogens (tertiary/aromatic N) is 2. The summed E-state index contributed by atoms with van der Waals surface area (Å²) in [5.74, 6) is 0.660. The Morgan fingerprint density at radius 1 is 1.35 bits per heavy atom.